The maximum absolute atomic E-state index is 12.1. The molecule has 0 saturated carbocycles. The van der Waals surface area contributed by atoms with Crippen LogP contribution in [0, 0.1) is 5.92 Å². The molecule has 1 aliphatic heterocycles. The molecule has 1 amide bonds. The topological polar surface area (TPSA) is 54.1 Å². The third-order valence-corrected chi connectivity index (χ3v) is 4.05. The van der Waals surface area contributed by atoms with Crippen molar-refractivity contribution in [2.75, 3.05) is 19.8 Å². The Kier molecular flexibility index (Phi) is 3.94. The Morgan fingerprint density at radius 1 is 1.50 bits per heavy atom. The summed E-state index contributed by atoms with van der Waals surface area (Å²) in [5, 5.41) is 4.47. The van der Waals surface area contributed by atoms with E-state index in [2.05, 4.69) is 10.3 Å². The first-order valence-electron chi connectivity index (χ1n) is 6.87. The first-order chi connectivity index (χ1) is 9.74. The van der Waals surface area contributed by atoms with Crippen molar-refractivity contribution in [1.82, 2.24) is 10.3 Å². The van der Waals surface area contributed by atoms with Crippen LogP contribution >= 0.6 is 11.6 Å². The second-order valence-electron chi connectivity index (χ2n) is 5.16. The van der Waals surface area contributed by atoms with Crippen LogP contribution in [0.3, 0.4) is 0 Å². The number of fused-ring (bicyclic) bond motifs is 1. The Labute approximate surface area is 122 Å². The fourth-order valence-corrected chi connectivity index (χ4v) is 2.77. The standard InChI is InChI=1S/C15H17ClN2O2/c16-12-2-1-3-13-11(12)8-14(18-13)15(19)17-6-4-10-5-7-20-9-10/h1-3,8,10,18H,4-7,9H2,(H,17,19)/t10-/m1/s1. The predicted octanol–water partition coefficient (Wildman–Crippen LogP) is 2.98. The van der Waals surface area contributed by atoms with Crippen molar-refractivity contribution in [3.63, 3.8) is 0 Å². The number of ether oxygens (including phenoxy) is 1. The molecule has 1 aromatic carbocycles. The van der Waals surface area contributed by atoms with Gasteiger partial charge in [-0.05, 0) is 37.0 Å². The summed E-state index contributed by atoms with van der Waals surface area (Å²) in [4.78, 5) is 15.2. The molecule has 2 heterocycles. The molecule has 0 aliphatic carbocycles. The molecule has 20 heavy (non-hydrogen) atoms. The zero-order valence-electron chi connectivity index (χ0n) is 11.1. The average Bonchev–Trinajstić information content (AvgIpc) is 3.07. The van der Waals surface area contributed by atoms with E-state index in [-0.39, 0.29) is 5.91 Å². The second kappa shape index (κ2) is 5.85. The Hall–Kier alpha value is -1.52. The normalized spacial score (nSPS) is 18.6. The molecule has 0 bridgehead atoms. The van der Waals surface area contributed by atoms with Crippen molar-refractivity contribution in [3.05, 3.63) is 35.0 Å². The quantitative estimate of drug-likeness (QED) is 0.910. The summed E-state index contributed by atoms with van der Waals surface area (Å²) in [6.07, 6.45) is 2.06. The number of hydrogen-bond acceptors (Lipinski definition) is 2. The van der Waals surface area contributed by atoms with Gasteiger partial charge in [0, 0.05) is 35.7 Å². The molecular formula is C15H17ClN2O2. The molecule has 5 heteroatoms. The Morgan fingerprint density at radius 2 is 2.40 bits per heavy atom. The lowest BCUT2D eigenvalue weighted by Gasteiger charge is -2.07. The van der Waals surface area contributed by atoms with Crippen LogP contribution in [0.1, 0.15) is 23.3 Å². The van der Waals surface area contributed by atoms with Gasteiger partial charge in [0.1, 0.15) is 5.69 Å². The molecule has 1 fully saturated rings. The summed E-state index contributed by atoms with van der Waals surface area (Å²) in [5.74, 6) is 0.489. The van der Waals surface area contributed by atoms with Crippen molar-refractivity contribution in [2.45, 2.75) is 12.8 Å². The smallest absolute Gasteiger partial charge is 0.267 e. The highest BCUT2D eigenvalue weighted by molar-refractivity contribution is 6.35. The van der Waals surface area contributed by atoms with Crippen molar-refractivity contribution in [2.24, 2.45) is 5.92 Å². The van der Waals surface area contributed by atoms with Crippen LogP contribution in [0.25, 0.3) is 10.9 Å². The van der Waals surface area contributed by atoms with Crippen LogP contribution in [0.2, 0.25) is 5.02 Å². The Morgan fingerprint density at radius 3 is 3.15 bits per heavy atom. The number of hydrogen-bond donors (Lipinski definition) is 2. The highest BCUT2D eigenvalue weighted by Gasteiger charge is 2.16. The maximum Gasteiger partial charge on any atom is 0.267 e. The van der Waals surface area contributed by atoms with E-state index in [4.69, 9.17) is 16.3 Å². The minimum absolute atomic E-state index is 0.0869. The molecule has 1 aromatic heterocycles. The summed E-state index contributed by atoms with van der Waals surface area (Å²) in [7, 11) is 0. The van der Waals surface area contributed by atoms with Crippen molar-refractivity contribution < 1.29 is 9.53 Å². The predicted molar refractivity (Wildman–Crippen MR) is 79.2 cm³/mol. The lowest BCUT2D eigenvalue weighted by molar-refractivity contribution is 0.0946. The fraction of sp³-hybridized carbons (Fsp3) is 0.400. The number of amides is 1. The van der Waals surface area contributed by atoms with E-state index in [0.717, 1.165) is 37.0 Å². The van der Waals surface area contributed by atoms with Gasteiger partial charge in [0.2, 0.25) is 0 Å². The Bertz CT molecular complexity index is 617. The number of carbonyl (C=O) groups excluding carboxylic acids is 1. The first-order valence-corrected chi connectivity index (χ1v) is 7.25. The van der Waals surface area contributed by atoms with Crippen LogP contribution in [0.15, 0.2) is 24.3 Å². The summed E-state index contributed by atoms with van der Waals surface area (Å²) in [6.45, 7) is 2.34. The van der Waals surface area contributed by atoms with Gasteiger partial charge in [0.25, 0.3) is 5.91 Å². The van der Waals surface area contributed by atoms with Crippen molar-refractivity contribution in [3.8, 4) is 0 Å². The Balaban J connectivity index is 1.61. The number of benzene rings is 1. The average molecular weight is 293 g/mol. The highest BCUT2D eigenvalue weighted by atomic mass is 35.5. The van der Waals surface area contributed by atoms with Gasteiger partial charge in [-0.3, -0.25) is 4.79 Å². The van der Waals surface area contributed by atoms with E-state index in [9.17, 15) is 4.79 Å². The SMILES string of the molecule is O=C(NCC[C@@H]1CCOC1)c1cc2c(Cl)cccc2[nH]1. The molecule has 1 atom stereocenters. The van der Waals surface area contributed by atoms with Crippen LogP contribution in [-0.2, 0) is 4.74 Å². The summed E-state index contributed by atoms with van der Waals surface area (Å²) >= 11 is 6.10. The second-order valence-corrected chi connectivity index (χ2v) is 5.57. The monoisotopic (exact) mass is 292 g/mol. The van der Waals surface area contributed by atoms with Gasteiger partial charge in [-0.15, -0.1) is 0 Å². The minimum atomic E-state index is -0.0869. The molecule has 2 N–H and O–H groups in total. The van der Waals surface area contributed by atoms with Crippen LogP contribution in [0.5, 0.6) is 0 Å². The third kappa shape index (κ3) is 2.81. The number of halogens is 1. The lowest BCUT2D eigenvalue weighted by atomic mass is 10.1. The molecule has 2 aromatic rings. The van der Waals surface area contributed by atoms with Crippen LogP contribution in [-0.4, -0.2) is 30.6 Å². The van der Waals surface area contributed by atoms with Gasteiger partial charge in [-0.2, -0.15) is 0 Å². The van der Waals surface area contributed by atoms with Crippen molar-refractivity contribution in [1.29, 1.82) is 0 Å². The van der Waals surface area contributed by atoms with E-state index >= 15 is 0 Å². The van der Waals surface area contributed by atoms with Crippen LogP contribution in [0.4, 0.5) is 0 Å². The summed E-state index contributed by atoms with van der Waals surface area (Å²) in [5.41, 5.74) is 1.43. The molecule has 0 spiro atoms. The number of H-pyrrole nitrogens is 1. The van der Waals surface area contributed by atoms with Gasteiger partial charge < -0.3 is 15.0 Å². The van der Waals surface area contributed by atoms with Crippen molar-refractivity contribution >= 4 is 28.4 Å². The number of carbonyl (C=O) groups is 1. The molecular weight excluding hydrogens is 276 g/mol. The van der Waals surface area contributed by atoms with E-state index < -0.39 is 0 Å². The molecule has 0 unspecified atom stereocenters. The van der Waals surface area contributed by atoms with Gasteiger partial charge in [0.15, 0.2) is 0 Å². The first kappa shape index (κ1) is 13.5. The molecule has 3 rings (SSSR count). The summed E-state index contributed by atoms with van der Waals surface area (Å²) < 4.78 is 5.32. The van der Waals surface area contributed by atoms with Gasteiger partial charge >= 0.3 is 0 Å². The van der Waals surface area contributed by atoms with E-state index in [0.29, 0.717) is 23.2 Å². The summed E-state index contributed by atoms with van der Waals surface area (Å²) in [6, 6.07) is 7.39. The molecule has 0 radical (unpaired) electrons. The minimum Gasteiger partial charge on any atom is -0.381 e. The van der Waals surface area contributed by atoms with Crippen LogP contribution < -0.4 is 5.32 Å². The molecule has 106 valence electrons. The number of nitrogens with one attached hydrogen (secondary N) is 2. The zero-order chi connectivity index (χ0) is 13.9. The van der Waals surface area contributed by atoms with Gasteiger partial charge in [0.05, 0.1) is 0 Å². The number of aromatic nitrogens is 1. The van der Waals surface area contributed by atoms with Gasteiger partial charge in [-0.25, -0.2) is 0 Å². The van der Waals surface area contributed by atoms with Gasteiger partial charge in [-0.1, -0.05) is 17.7 Å². The lowest BCUT2D eigenvalue weighted by Crippen LogP contribution is -2.26. The molecule has 1 aliphatic rings. The molecule has 1 saturated heterocycles. The number of aromatic amines is 1. The van der Waals surface area contributed by atoms with E-state index in [1.54, 1.807) is 6.07 Å². The van der Waals surface area contributed by atoms with E-state index in [1.807, 2.05) is 18.2 Å². The number of rotatable bonds is 4. The zero-order valence-corrected chi connectivity index (χ0v) is 11.9. The molecule has 4 nitrogen and oxygen atoms in total. The highest BCUT2D eigenvalue weighted by Crippen LogP contribution is 2.24. The fourth-order valence-electron chi connectivity index (χ4n) is 2.54. The largest absolute Gasteiger partial charge is 0.381 e. The van der Waals surface area contributed by atoms with E-state index in [1.165, 1.54) is 0 Å². The maximum atomic E-state index is 12.1. The third-order valence-electron chi connectivity index (χ3n) is 3.72.